The average molecular weight is 266 g/mol. The maximum Gasteiger partial charge on any atom is 0.272 e. The summed E-state index contributed by atoms with van der Waals surface area (Å²) in [6.45, 7) is 3.43. The SMILES string of the molecule is Cc1cc([N+](=O)[O-])c(C)cc1NC(=O)CCCCO. The number of hydrogen-bond acceptors (Lipinski definition) is 4. The van der Waals surface area contributed by atoms with E-state index in [1.807, 2.05) is 0 Å². The molecule has 0 aliphatic rings. The highest BCUT2D eigenvalue weighted by Crippen LogP contribution is 2.26. The van der Waals surface area contributed by atoms with Gasteiger partial charge < -0.3 is 10.4 Å². The van der Waals surface area contributed by atoms with Crippen molar-refractivity contribution in [3.63, 3.8) is 0 Å². The minimum absolute atomic E-state index is 0.0516. The number of amides is 1. The third kappa shape index (κ3) is 4.33. The Morgan fingerprint density at radius 2 is 2.00 bits per heavy atom. The first-order valence-corrected chi connectivity index (χ1v) is 6.12. The Bertz CT molecular complexity index is 486. The van der Waals surface area contributed by atoms with Crippen molar-refractivity contribution in [3.05, 3.63) is 33.4 Å². The summed E-state index contributed by atoms with van der Waals surface area (Å²) in [5.41, 5.74) is 1.82. The first-order valence-electron chi connectivity index (χ1n) is 6.12. The van der Waals surface area contributed by atoms with Crippen molar-refractivity contribution >= 4 is 17.3 Å². The maximum absolute atomic E-state index is 11.6. The van der Waals surface area contributed by atoms with Gasteiger partial charge in [-0.2, -0.15) is 0 Å². The first-order chi connectivity index (χ1) is 8.95. The van der Waals surface area contributed by atoms with Crippen LogP contribution < -0.4 is 5.32 Å². The van der Waals surface area contributed by atoms with E-state index in [1.165, 1.54) is 6.07 Å². The fourth-order valence-corrected chi connectivity index (χ4v) is 1.74. The summed E-state index contributed by atoms with van der Waals surface area (Å²) in [4.78, 5) is 22.0. The molecule has 0 bridgehead atoms. The summed E-state index contributed by atoms with van der Waals surface area (Å²) in [6.07, 6.45) is 1.54. The predicted octanol–water partition coefficient (Wildman–Crippen LogP) is 2.31. The summed E-state index contributed by atoms with van der Waals surface area (Å²) in [6, 6.07) is 3.07. The molecule has 1 rings (SSSR count). The lowest BCUT2D eigenvalue weighted by Gasteiger charge is -2.09. The molecule has 1 amide bonds. The zero-order valence-electron chi connectivity index (χ0n) is 11.1. The van der Waals surface area contributed by atoms with Crippen LogP contribution in [0.15, 0.2) is 12.1 Å². The molecule has 0 saturated carbocycles. The van der Waals surface area contributed by atoms with Crippen molar-refractivity contribution in [1.82, 2.24) is 0 Å². The van der Waals surface area contributed by atoms with E-state index in [0.717, 1.165) is 0 Å². The smallest absolute Gasteiger partial charge is 0.272 e. The number of nitrogens with zero attached hydrogens (tertiary/aromatic N) is 1. The van der Waals surface area contributed by atoms with Gasteiger partial charge in [-0.3, -0.25) is 14.9 Å². The van der Waals surface area contributed by atoms with Crippen molar-refractivity contribution < 1.29 is 14.8 Å². The van der Waals surface area contributed by atoms with Crippen LogP contribution in [0.3, 0.4) is 0 Å². The highest BCUT2D eigenvalue weighted by atomic mass is 16.6. The number of benzene rings is 1. The number of nitro benzene ring substituents is 1. The Kier molecular flexibility index (Phi) is 5.44. The van der Waals surface area contributed by atoms with Crippen LogP contribution in [0.1, 0.15) is 30.4 Å². The number of unbranched alkanes of at least 4 members (excludes halogenated alkanes) is 1. The molecule has 0 unspecified atom stereocenters. The van der Waals surface area contributed by atoms with Crippen molar-refractivity contribution in [1.29, 1.82) is 0 Å². The summed E-state index contributed by atoms with van der Waals surface area (Å²) in [7, 11) is 0. The number of rotatable bonds is 6. The van der Waals surface area contributed by atoms with E-state index in [0.29, 0.717) is 36.1 Å². The van der Waals surface area contributed by atoms with E-state index in [9.17, 15) is 14.9 Å². The van der Waals surface area contributed by atoms with Crippen LogP contribution in [-0.2, 0) is 4.79 Å². The molecule has 0 spiro atoms. The second kappa shape index (κ2) is 6.84. The second-order valence-electron chi connectivity index (χ2n) is 4.44. The zero-order chi connectivity index (χ0) is 14.4. The lowest BCUT2D eigenvalue weighted by Crippen LogP contribution is -2.12. The van der Waals surface area contributed by atoms with Gasteiger partial charge in [0, 0.05) is 30.3 Å². The van der Waals surface area contributed by atoms with E-state index in [-0.39, 0.29) is 18.2 Å². The normalized spacial score (nSPS) is 10.3. The molecule has 0 aliphatic heterocycles. The highest BCUT2D eigenvalue weighted by molar-refractivity contribution is 5.91. The Morgan fingerprint density at radius 3 is 2.58 bits per heavy atom. The summed E-state index contributed by atoms with van der Waals surface area (Å²) in [5, 5.41) is 22.1. The highest BCUT2D eigenvalue weighted by Gasteiger charge is 2.14. The van der Waals surface area contributed by atoms with E-state index >= 15 is 0 Å². The maximum atomic E-state index is 11.6. The van der Waals surface area contributed by atoms with E-state index in [4.69, 9.17) is 5.11 Å². The van der Waals surface area contributed by atoms with E-state index in [1.54, 1.807) is 19.9 Å². The Labute approximate surface area is 111 Å². The van der Waals surface area contributed by atoms with Crippen LogP contribution in [0.5, 0.6) is 0 Å². The molecule has 2 N–H and O–H groups in total. The van der Waals surface area contributed by atoms with Gasteiger partial charge in [0.05, 0.1) is 4.92 Å². The third-order valence-corrected chi connectivity index (χ3v) is 2.83. The summed E-state index contributed by atoms with van der Waals surface area (Å²) < 4.78 is 0. The number of hydrogen-bond donors (Lipinski definition) is 2. The molecule has 104 valence electrons. The Morgan fingerprint density at radius 1 is 1.32 bits per heavy atom. The monoisotopic (exact) mass is 266 g/mol. The van der Waals surface area contributed by atoms with Crippen LogP contribution in [0.4, 0.5) is 11.4 Å². The average Bonchev–Trinajstić information content (AvgIpc) is 2.33. The molecule has 0 aromatic heterocycles. The van der Waals surface area contributed by atoms with E-state index < -0.39 is 4.92 Å². The number of aliphatic hydroxyl groups is 1. The molecule has 0 saturated heterocycles. The second-order valence-corrected chi connectivity index (χ2v) is 4.44. The van der Waals surface area contributed by atoms with E-state index in [2.05, 4.69) is 5.32 Å². The van der Waals surface area contributed by atoms with Gasteiger partial charge >= 0.3 is 0 Å². The van der Waals surface area contributed by atoms with Crippen molar-refractivity contribution in [2.75, 3.05) is 11.9 Å². The van der Waals surface area contributed by atoms with Gasteiger partial charge in [0.1, 0.15) is 0 Å². The van der Waals surface area contributed by atoms with Crippen molar-refractivity contribution in [2.45, 2.75) is 33.1 Å². The lowest BCUT2D eigenvalue weighted by molar-refractivity contribution is -0.385. The summed E-state index contributed by atoms with van der Waals surface area (Å²) in [5.74, 6) is -0.148. The first kappa shape index (κ1) is 15.1. The Hall–Kier alpha value is -1.95. The number of carbonyl (C=O) groups excluding carboxylic acids is 1. The number of aliphatic hydroxyl groups excluding tert-OH is 1. The Balaban J connectivity index is 2.77. The topological polar surface area (TPSA) is 92.5 Å². The molecule has 0 atom stereocenters. The standard InChI is InChI=1S/C13H18N2O4/c1-9-8-12(15(18)19)10(2)7-11(9)14-13(17)5-3-4-6-16/h7-8,16H,3-6H2,1-2H3,(H,14,17). The molecule has 19 heavy (non-hydrogen) atoms. The number of anilines is 1. The van der Waals surface area contributed by atoms with Gasteiger partial charge in [-0.1, -0.05) is 0 Å². The van der Waals surface area contributed by atoms with Crippen LogP contribution in [0.2, 0.25) is 0 Å². The fraction of sp³-hybridized carbons (Fsp3) is 0.462. The van der Waals surface area contributed by atoms with Gasteiger partial charge in [-0.25, -0.2) is 0 Å². The van der Waals surface area contributed by atoms with Crippen LogP contribution in [-0.4, -0.2) is 22.5 Å². The van der Waals surface area contributed by atoms with Gasteiger partial charge in [0.15, 0.2) is 0 Å². The van der Waals surface area contributed by atoms with Gasteiger partial charge in [0.25, 0.3) is 5.69 Å². The minimum Gasteiger partial charge on any atom is -0.396 e. The third-order valence-electron chi connectivity index (χ3n) is 2.83. The van der Waals surface area contributed by atoms with Crippen LogP contribution in [0, 0.1) is 24.0 Å². The van der Waals surface area contributed by atoms with Crippen LogP contribution >= 0.6 is 0 Å². The number of carbonyl (C=O) groups is 1. The molecular formula is C13H18N2O4. The molecule has 0 fully saturated rings. The predicted molar refractivity (Wildman–Crippen MR) is 72.1 cm³/mol. The number of nitrogens with one attached hydrogen (secondary N) is 1. The quantitative estimate of drug-likeness (QED) is 0.469. The van der Waals surface area contributed by atoms with Gasteiger partial charge in [0.2, 0.25) is 5.91 Å². The number of nitro groups is 1. The molecule has 6 heteroatoms. The lowest BCUT2D eigenvalue weighted by atomic mass is 10.1. The summed E-state index contributed by atoms with van der Waals surface area (Å²) >= 11 is 0. The molecule has 0 aliphatic carbocycles. The largest absolute Gasteiger partial charge is 0.396 e. The molecule has 0 radical (unpaired) electrons. The van der Waals surface area contributed by atoms with Gasteiger partial charge in [-0.15, -0.1) is 0 Å². The number of aryl methyl sites for hydroxylation is 2. The van der Waals surface area contributed by atoms with Crippen molar-refractivity contribution in [3.8, 4) is 0 Å². The van der Waals surface area contributed by atoms with Gasteiger partial charge in [-0.05, 0) is 38.3 Å². The minimum atomic E-state index is -0.435. The molecule has 6 nitrogen and oxygen atoms in total. The van der Waals surface area contributed by atoms with Crippen LogP contribution in [0.25, 0.3) is 0 Å². The molecular weight excluding hydrogens is 248 g/mol. The van der Waals surface area contributed by atoms with Crippen molar-refractivity contribution in [2.24, 2.45) is 0 Å². The molecule has 1 aromatic rings. The fourth-order valence-electron chi connectivity index (χ4n) is 1.74. The molecule has 1 aromatic carbocycles. The molecule has 0 heterocycles. The zero-order valence-corrected chi connectivity index (χ0v) is 11.1.